The second-order valence-electron chi connectivity index (χ2n) is 0.339. The molecule has 0 aromatic carbocycles. The number of hydrogen-bond donors (Lipinski definition) is 0. The average molecular weight is 248 g/mol. The Labute approximate surface area is 43.1 Å². The van der Waals surface area contributed by atoms with Gasteiger partial charge in [0.1, 0.15) is 0 Å². The summed E-state index contributed by atoms with van der Waals surface area (Å²) in [6.45, 7) is 2.22. The van der Waals surface area contributed by atoms with Gasteiger partial charge in [0.2, 0.25) is 0 Å². The van der Waals surface area contributed by atoms with Crippen molar-refractivity contribution in [3.05, 3.63) is 12.7 Å². The van der Waals surface area contributed by atoms with Crippen molar-refractivity contribution in [2.24, 2.45) is 0 Å². The topological polar surface area (TPSA) is 0 Å². The molecular weight excluding hydrogens is 246 g/mol. The fourth-order valence-corrected chi connectivity index (χ4v) is 0. The van der Waals surface area contributed by atoms with Crippen LogP contribution in [0.15, 0.2) is 12.7 Å². The summed E-state index contributed by atoms with van der Waals surface area (Å²) in [5.41, 5.74) is 0. The minimum absolute atomic E-state index is 0. The smallest absolute Gasteiger partial charge is 0.174 e. The van der Waals surface area contributed by atoms with Gasteiger partial charge in [-0.1, -0.05) is 0 Å². The molecule has 0 aliphatic carbocycles. The second-order valence-corrected chi connectivity index (χ2v) is 0.339. The Bertz CT molecular complexity index is 30.6. The number of hydrogen-bond acceptors (Lipinski definition) is 0. The summed E-state index contributed by atoms with van der Waals surface area (Å²) in [6.07, 6.45) is -1.83. The molecule has 0 heterocycles. The molecule has 30 valence electrons. The van der Waals surface area contributed by atoms with Gasteiger partial charge < -0.3 is 0 Å². The zero-order valence-electron chi connectivity index (χ0n) is 2.37. The SMILES string of the molecule is C=C(F)F.[W]. The molecular formula is C2H2F2W. The summed E-state index contributed by atoms with van der Waals surface area (Å²) in [7, 11) is 0. The van der Waals surface area contributed by atoms with Gasteiger partial charge in [0.15, 0.2) is 0 Å². The van der Waals surface area contributed by atoms with Crippen LogP contribution in [0.4, 0.5) is 8.78 Å². The van der Waals surface area contributed by atoms with Crippen molar-refractivity contribution in [1.82, 2.24) is 0 Å². The molecule has 0 atom stereocenters. The summed E-state index contributed by atoms with van der Waals surface area (Å²) < 4.78 is 20.3. The van der Waals surface area contributed by atoms with Crippen LogP contribution >= 0.6 is 0 Å². The molecule has 0 spiro atoms. The molecule has 0 fully saturated rings. The molecule has 0 aliphatic rings. The summed E-state index contributed by atoms with van der Waals surface area (Å²) >= 11 is 0. The maximum atomic E-state index is 10.1. The molecule has 5 heavy (non-hydrogen) atoms. The van der Waals surface area contributed by atoms with Gasteiger partial charge in [0.05, 0.1) is 0 Å². The van der Waals surface area contributed by atoms with Gasteiger partial charge in [-0.15, -0.1) is 0 Å². The van der Waals surface area contributed by atoms with Crippen LogP contribution in [0.25, 0.3) is 0 Å². The molecule has 0 rings (SSSR count). The Morgan fingerprint density at radius 3 is 1.40 bits per heavy atom. The van der Waals surface area contributed by atoms with Gasteiger partial charge in [-0.25, -0.2) is 0 Å². The first kappa shape index (κ1) is 8.99. The summed E-state index contributed by atoms with van der Waals surface area (Å²) in [4.78, 5) is 0. The largest absolute Gasteiger partial charge is 0.263 e. The summed E-state index contributed by atoms with van der Waals surface area (Å²) in [5, 5.41) is 0. The molecule has 0 amide bonds. The van der Waals surface area contributed by atoms with E-state index in [-0.39, 0.29) is 21.1 Å². The summed E-state index contributed by atoms with van der Waals surface area (Å²) in [5.74, 6) is 0. The van der Waals surface area contributed by atoms with Crippen LogP contribution in [0.5, 0.6) is 0 Å². The normalized spacial score (nSPS) is 5.20. The van der Waals surface area contributed by atoms with E-state index >= 15 is 0 Å². The van der Waals surface area contributed by atoms with Gasteiger partial charge >= 0.3 is 0 Å². The van der Waals surface area contributed by atoms with Crippen LogP contribution in [-0.4, -0.2) is 0 Å². The quantitative estimate of drug-likeness (QED) is 0.607. The zero-order valence-corrected chi connectivity index (χ0v) is 5.30. The van der Waals surface area contributed by atoms with Crippen molar-refractivity contribution in [1.29, 1.82) is 0 Å². The Morgan fingerprint density at radius 1 is 1.40 bits per heavy atom. The van der Waals surface area contributed by atoms with Crippen LogP contribution in [0.1, 0.15) is 0 Å². The molecule has 0 aliphatic heterocycles. The average Bonchev–Trinajstić information content (AvgIpc) is 0.811. The molecule has 0 N–H and O–H groups in total. The van der Waals surface area contributed by atoms with E-state index in [0.29, 0.717) is 0 Å². The van der Waals surface area contributed by atoms with Gasteiger partial charge in [0, 0.05) is 21.1 Å². The molecule has 3 heteroatoms. The third kappa shape index (κ3) is 270. The van der Waals surface area contributed by atoms with Crippen molar-refractivity contribution < 1.29 is 29.8 Å². The first-order valence-corrected chi connectivity index (χ1v) is 0.732. The Balaban J connectivity index is 0. The fraction of sp³-hybridized carbons (Fsp3) is 0. The van der Waals surface area contributed by atoms with Crippen LogP contribution in [0, 0.1) is 0 Å². The number of halogens is 2. The van der Waals surface area contributed by atoms with Crippen molar-refractivity contribution in [2.45, 2.75) is 0 Å². The van der Waals surface area contributed by atoms with Gasteiger partial charge in [-0.2, -0.15) is 8.78 Å². The standard InChI is InChI=1S/C2H2F2.W/c1-2(3)4;/h1H2;. The molecule has 0 saturated heterocycles. The number of rotatable bonds is 0. The van der Waals surface area contributed by atoms with E-state index in [2.05, 4.69) is 6.58 Å². The van der Waals surface area contributed by atoms with Crippen LogP contribution in [0.3, 0.4) is 0 Å². The maximum absolute atomic E-state index is 10.1. The van der Waals surface area contributed by atoms with E-state index in [4.69, 9.17) is 0 Å². The minimum atomic E-state index is -1.83. The molecule has 0 aromatic heterocycles. The molecule has 0 bridgehead atoms. The van der Waals surface area contributed by atoms with Crippen molar-refractivity contribution in [2.75, 3.05) is 0 Å². The zero-order chi connectivity index (χ0) is 3.58. The Morgan fingerprint density at radius 2 is 1.40 bits per heavy atom. The van der Waals surface area contributed by atoms with E-state index in [1.54, 1.807) is 0 Å². The van der Waals surface area contributed by atoms with E-state index in [1.807, 2.05) is 0 Å². The van der Waals surface area contributed by atoms with Crippen molar-refractivity contribution in [3.8, 4) is 0 Å². The predicted octanol–water partition coefficient (Wildman–Crippen LogP) is 1.39. The van der Waals surface area contributed by atoms with E-state index in [9.17, 15) is 8.78 Å². The predicted molar refractivity (Wildman–Crippen MR) is 11.4 cm³/mol. The Kier molecular flexibility index (Phi) is 7.71. The molecule has 0 nitrogen and oxygen atoms in total. The van der Waals surface area contributed by atoms with Crippen LogP contribution < -0.4 is 0 Å². The van der Waals surface area contributed by atoms with Gasteiger partial charge in [0.25, 0.3) is 6.08 Å². The van der Waals surface area contributed by atoms with Crippen LogP contribution in [0.2, 0.25) is 0 Å². The maximum Gasteiger partial charge on any atom is 0.263 e. The third-order valence-electron chi connectivity index (χ3n) is 0. The Hall–Kier alpha value is 0.288. The second kappa shape index (κ2) is 4.29. The molecule has 0 saturated carbocycles. The van der Waals surface area contributed by atoms with Gasteiger partial charge in [-0.05, 0) is 6.58 Å². The first-order valence-electron chi connectivity index (χ1n) is 0.732. The minimum Gasteiger partial charge on any atom is -0.174 e. The van der Waals surface area contributed by atoms with Crippen LogP contribution in [-0.2, 0) is 21.1 Å². The van der Waals surface area contributed by atoms with Crippen molar-refractivity contribution >= 4 is 0 Å². The van der Waals surface area contributed by atoms with E-state index in [0.717, 1.165) is 0 Å². The van der Waals surface area contributed by atoms with E-state index in [1.165, 1.54) is 0 Å². The molecule has 0 unspecified atom stereocenters. The summed E-state index contributed by atoms with van der Waals surface area (Å²) in [6, 6.07) is 0. The van der Waals surface area contributed by atoms with Crippen molar-refractivity contribution in [3.63, 3.8) is 0 Å². The van der Waals surface area contributed by atoms with Gasteiger partial charge in [-0.3, -0.25) is 0 Å². The van der Waals surface area contributed by atoms with E-state index < -0.39 is 6.08 Å². The third-order valence-corrected chi connectivity index (χ3v) is 0. The first-order chi connectivity index (χ1) is 1.73. The molecule has 0 aromatic rings. The fourth-order valence-electron chi connectivity index (χ4n) is 0. The monoisotopic (exact) mass is 248 g/mol. The molecule has 0 radical (unpaired) electrons.